The van der Waals surface area contributed by atoms with Crippen molar-refractivity contribution in [2.24, 2.45) is 5.92 Å². The molecule has 0 aromatic heterocycles. The van der Waals surface area contributed by atoms with E-state index in [1.54, 1.807) is 0 Å². The third-order valence-electron chi connectivity index (χ3n) is 4.75. The summed E-state index contributed by atoms with van der Waals surface area (Å²) in [5.74, 6) is -2.39. The van der Waals surface area contributed by atoms with Crippen LogP contribution in [0.5, 0.6) is 0 Å². The minimum atomic E-state index is -4.42. The van der Waals surface area contributed by atoms with Crippen molar-refractivity contribution in [3.05, 3.63) is 0 Å². The molecule has 1 unspecified atom stereocenters. The van der Waals surface area contributed by atoms with Crippen LogP contribution in [0.1, 0.15) is 77.6 Å². The summed E-state index contributed by atoms with van der Waals surface area (Å²) in [7, 11) is 2.39. The molecule has 0 rings (SSSR count). The summed E-state index contributed by atoms with van der Waals surface area (Å²) in [5.41, 5.74) is 0. The fraction of sp³-hybridized carbons (Fsp3) is 1.00. The second kappa shape index (κ2) is 12.1. The molecule has 158 valence electrons. The lowest BCUT2D eigenvalue weighted by Crippen LogP contribution is -2.43. The van der Waals surface area contributed by atoms with E-state index in [1.165, 1.54) is 14.2 Å². The molecule has 8 heteroatoms. The van der Waals surface area contributed by atoms with Crippen LogP contribution in [0.15, 0.2) is 0 Å². The molecule has 0 heterocycles. The number of methoxy groups -OCH3 is 2. The summed E-state index contributed by atoms with van der Waals surface area (Å²) in [6, 6.07) is 0. The Kier molecular flexibility index (Phi) is 11.8. The van der Waals surface area contributed by atoms with Crippen LogP contribution in [-0.2, 0) is 9.47 Å². The Morgan fingerprint density at radius 1 is 0.654 bits per heavy atom. The minimum absolute atomic E-state index is 0.308. The maximum atomic E-state index is 12.7. The number of rotatable bonds is 14. The van der Waals surface area contributed by atoms with Crippen LogP contribution < -0.4 is 0 Å². The van der Waals surface area contributed by atoms with E-state index in [-0.39, 0.29) is 6.42 Å². The van der Waals surface area contributed by atoms with Crippen molar-refractivity contribution in [2.45, 2.75) is 95.7 Å². The molecule has 1 atom stereocenters. The van der Waals surface area contributed by atoms with Gasteiger partial charge in [0.2, 0.25) is 0 Å². The Morgan fingerprint density at radius 3 is 1.62 bits per heavy atom. The van der Waals surface area contributed by atoms with Crippen molar-refractivity contribution >= 4 is 0 Å². The lowest BCUT2D eigenvalue weighted by molar-refractivity contribution is -0.263. The van der Waals surface area contributed by atoms with E-state index in [0.717, 1.165) is 32.1 Å². The van der Waals surface area contributed by atoms with E-state index in [2.05, 4.69) is 6.92 Å². The third kappa shape index (κ3) is 11.3. The summed E-state index contributed by atoms with van der Waals surface area (Å²) < 4.78 is 86.3. The van der Waals surface area contributed by atoms with Gasteiger partial charge in [0.25, 0.3) is 0 Å². The monoisotopic (exact) mass is 394 g/mol. The zero-order valence-corrected chi connectivity index (χ0v) is 15.9. The second-order valence-corrected chi connectivity index (χ2v) is 6.74. The molecule has 0 bridgehead atoms. The van der Waals surface area contributed by atoms with E-state index < -0.39 is 43.3 Å². The molecule has 0 radical (unpaired) electrons. The van der Waals surface area contributed by atoms with E-state index in [1.807, 2.05) is 0 Å². The molecule has 0 aromatic carbocycles. The lowest BCUT2D eigenvalue weighted by Gasteiger charge is -2.39. The van der Waals surface area contributed by atoms with Gasteiger partial charge < -0.3 is 9.47 Å². The summed E-state index contributed by atoms with van der Waals surface area (Å²) in [6.45, 7) is 2.08. The topological polar surface area (TPSA) is 18.5 Å². The van der Waals surface area contributed by atoms with Gasteiger partial charge in [-0.05, 0) is 12.8 Å². The molecule has 0 aliphatic carbocycles. The molecule has 2 nitrogen and oxygen atoms in total. The Morgan fingerprint density at radius 2 is 1.15 bits per heavy atom. The number of ether oxygens (including phenoxy) is 2. The maximum Gasteiger partial charge on any atom is 0.389 e. The van der Waals surface area contributed by atoms with Crippen molar-refractivity contribution in [3.63, 3.8) is 0 Å². The average molecular weight is 394 g/mol. The van der Waals surface area contributed by atoms with Crippen molar-refractivity contribution in [1.82, 2.24) is 0 Å². The summed E-state index contributed by atoms with van der Waals surface area (Å²) >= 11 is 0. The SMILES string of the molecule is CCCCCCCCC(CCC(F)(F)F)C(CCC(F)(F)F)(OC)OC. The van der Waals surface area contributed by atoms with Gasteiger partial charge in [-0.1, -0.05) is 45.4 Å². The maximum absolute atomic E-state index is 12.7. The molecule has 0 spiro atoms. The lowest BCUT2D eigenvalue weighted by atomic mass is 9.85. The predicted molar refractivity (Wildman–Crippen MR) is 88.8 cm³/mol. The highest BCUT2D eigenvalue weighted by molar-refractivity contribution is 4.82. The highest BCUT2D eigenvalue weighted by Crippen LogP contribution is 2.39. The van der Waals surface area contributed by atoms with Crippen LogP contribution in [0.25, 0.3) is 0 Å². The number of halogens is 6. The van der Waals surface area contributed by atoms with Gasteiger partial charge in [0.05, 0.1) is 0 Å². The van der Waals surface area contributed by atoms with Gasteiger partial charge in [-0.2, -0.15) is 26.3 Å². The van der Waals surface area contributed by atoms with Crippen LogP contribution in [0.3, 0.4) is 0 Å². The van der Waals surface area contributed by atoms with E-state index >= 15 is 0 Å². The first-order valence-corrected chi connectivity index (χ1v) is 9.23. The highest BCUT2D eigenvalue weighted by Gasteiger charge is 2.43. The van der Waals surface area contributed by atoms with Crippen molar-refractivity contribution in [1.29, 1.82) is 0 Å². The summed E-state index contributed by atoms with van der Waals surface area (Å²) in [4.78, 5) is 0. The van der Waals surface area contributed by atoms with Gasteiger partial charge in [0.15, 0.2) is 5.79 Å². The summed E-state index contributed by atoms with van der Waals surface area (Å²) in [6.07, 6.45) is -5.78. The highest BCUT2D eigenvalue weighted by atomic mass is 19.4. The van der Waals surface area contributed by atoms with Gasteiger partial charge in [-0.3, -0.25) is 0 Å². The molecule has 0 saturated carbocycles. The Bertz CT molecular complexity index is 351. The molecule has 0 saturated heterocycles. The van der Waals surface area contributed by atoms with Gasteiger partial charge in [0, 0.05) is 39.4 Å². The van der Waals surface area contributed by atoms with Crippen LogP contribution in [0.4, 0.5) is 26.3 Å². The van der Waals surface area contributed by atoms with E-state index in [0.29, 0.717) is 12.8 Å². The molecule has 0 N–H and O–H groups in total. The van der Waals surface area contributed by atoms with E-state index in [9.17, 15) is 26.3 Å². The minimum Gasteiger partial charge on any atom is -0.353 e. The zero-order valence-electron chi connectivity index (χ0n) is 15.9. The number of unbranched alkanes of at least 4 members (excludes halogenated alkanes) is 5. The van der Waals surface area contributed by atoms with Gasteiger partial charge in [-0.15, -0.1) is 0 Å². The molecule has 0 aromatic rings. The normalized spacial score (nSPS) is 14.7. The molecule has 0 fully saturated rings. The molecule has 26 heavy (non-hydrogen) atoms. The van der Waals surface area contributed by atoms with Gasteiger partial charge in [-0.25, -0.2) is 0 Å². The average Bonchev–Trinajstić information content (AvgIpc) is 2.54. The first kappa shape index (κ1) is 25.5. The quantitative estimate of drug-likeness (QED) is 0.179. The predicted octanol–water partition coefficient (Wildman–Crippen LogP) is 7.03. The smallest absolute Gasteiger partial charge is 0.353 e. The van der Waals surface area contributed by atoms with Crippen LogP contribution in [0, 0.1) is 5.92 Å². The van der Waals surface area contributed by atoms with E-state index in [4.69, 9.17) is 9.47 Å². The largest absolute Gasteiger partial charge is 0.389 e. The number of alkyl halides is 6. The Labute approximate surface area is 152 Å². The van der Waals surface area contributed by atoms with Crippen molar-refractivity contribution in [3.8, 4) is 0 Å². The number of hydrogen-bond acceptors (Lipinski definition) is 2. The van der Waals surface area contributed by atoms with Crippen molar-refractivity contribution < 1.29 is 35.8 Å². The first-order chi connectivity index (χ1) is 12.0. The van der Waals surface area contributed by atoms with Gasteiger partial charge in [0.1, 0.15) is 0 Å². The standard InChI is InChI=1S/C18H32F6O2/c1-4-5-6-7-8-9-10-15(11-12-17(19,20)21)16(25-2,26-3)13-14-18(22,23)24/h15H,4-14H2,1-3H3. The van der Waals surface area contributed by atoms with Crippen LogP contribution in [-0.4, -0.2) is 32.4 Å². The zero-order chi connectivity index (χ0) is 20.3. The molecule has 0 aliphatic heterocycles. The summed E-state index contributed by atoms with van der Waals surface area (Å²) in [5, 5.41) is 0. The Balaban J connectivity index is 4.96. The third-order valence-corrected chi connectivity index (χ3v) is 4.75. The second-order valence-electron chi connectivity index (χ2n) is 6.74. The Hall–Kier alpha value is -0.500. The van der Waals surface area contributed by atoms with Crippen molar-refractivity contribution in [2.75, 3.05) is 14.2 Å². The molecular formula is C18H32F6O2. The fourth-order valence-electron chi connectivity index (χ4n) is 3.23. The molecule has 0 aliphatic rings. The van der Waals surface area contributed by atoms with Crippen LogP contribution in [0.2, 0.25) is 0 Å². The van der Waals surface area contributed by atoms with Gasteiger partial charge >= 0.3 is 12.4 Å². The first-order valence-electron chi connectivity index (χ1n) is 9.23. The molecular weight excluding hydrogens is 362 g/mol. The number of hydrogen-bond donors (Lipinski definition) is 0. The molecule has 0 amide bonds. The fourth-order valence-corrected chi connectivity index (χ4v) is 3.23. The van der Waals surface area contributed by atoms with Crippen LogP contribution >= 0.6 is 0 Å².